The molecule has 0 spiro atoms. The average Bonchev–Trinajstić information content (AvgIpc) is 2.70. The first-order valence-corrected chi connectivity index (χ1v) is 5.00. The van der Waals surface area contributed by atoms with E-state index in [0.717, 1.165) is 11.4 Å². The molecule has 0 unspecified atom stereocenters. The maximum Gasteiger partial charge on any atom is 0.230 e. The van der Waals surface area contributed by atoms with Crippen LogP contribution >= 0.6 is 23.8 Å². The van der Waals surface area contributed by atoms with Crippen molar-refractivity contribution >= 4 is 28.7 Å². The first-order chi connectivity index (χ1) is 6.66. The van der Waals surface area contributed by atoms with Crippen LogP contribution < -0.4 is 5.73 Å². The zero-order chi connectivity index (χ0) is 10.1. The normalized spacial score (nSPS) is 10.4. The summed E-state index contributed by atoms with van der Waals surface area (Å²) in [6, 6.07) is 0. The van der Waals surface area contributed by atoms with Crippen molar-refractivity contribution < 1.29 is 0 Å². The third-order valence-corrected chi connectivity index (χ3v) is 2.61. The summed E-state index contributed by atoms with van der Waals surface area (Å²) in [4.78, 5) is 4.51. The zero-order valence-corrected chi connectivity index (χ0v) is 8.97. The average molecular weight is 225 g/mol. The van der Waals surface area contributed by atoms with Crippen molar-refractivity contribution in [3.8, 4) is 5.13 Å². The summed E-state index contributed by atoms with van der Waals surface area (Å²) < 4.78 is 5.66. The van der Waals surface area contributed by atoms with Gasteiger partial charge in [-0.15, -0.1) is 0 Å². The maximum absolute atomic E-state index is 5.46. The van der Waals surface area contributed by atoms with E-state index in [9.17, 15) is 0 Å². The van der Waals surface area contributed by atoms with Crippen LogP contribution in [0.2, 0.25) is 0 Å². The van der Waals surface area contributed by atoms with Gasteiger partial charge in [-0.3, -0.25) is 0 Å². The fourth-order valence-electron chi connectivity index (χ4n) is 0.934. The van der Waals surface area contributed by atoms with Crippen LogP contribution in [0.25, 0.3) is 5.13 Å². The zero-order valence-electron chi connectivity index (χ0n) is 7.34. The van der Waals surface area contributed by atoms with Gasteiger partial charge in [0.05, 0.1) is 6.20 Å². The number of thiocarbonyl (C=S) groups is 1. The molecule has 0 bridgehead atoms. The van der Waals surface area contributed by atoms with Crippen LogP contribution in [0.5, 0.6) is 0 Å². The highest BCUT2D eigenvalue weighted by molar-refractivity contribution is 7.80. The minimum Gasteiger partial charge on any atom is -0.389 e. The van der Waals surface area contributed by atoms with E-state index in [-0.39, 0.29) is 0 Å². The number of aryl methyl sites for hydroxylation is 1. The third-order valence-electron chi connectivity index (χ3n) is 1.58. The van der Waals surface area contributed by atoms with Gasteiger partial charge in [0.15, 0.2) is 0 Å². The van der Waals surface area contributed by atoms with Crippen molar-refractivity contribution in [1.82, 2.24) is 19.1 Å². The molecule has 0 saturated heterocycles. The summed E-state index contributed by atoms with van der Waals surface area (Å²) in [7, 11) is 0. The Morgan fingerprint density at radius 1 is 1.64 bits per heavy atom. The molecule has 2 heterocycles. The molecule has 0 saturated carbocycles. The molecule has 14 heavy (non-hydrogen) atoms. The van der Waals surface area contributed by atoms with Gasteiger partial charge in [0.25, 0.3) is 0 Å². The van der Waals surface area contributed by atoms with E-state index < -0.39 is 0 Å². The lowest BCUT2D eigenvalue weighted by Gasteiger charge is -1.90. The Balaban J connectivity index is 2.38. The fraction of sp³-hybridized carbons (Fsp3) is 0.143. The van der Waals surface area contributed by atoms with Crippen LogP contribution in [-0.4, -0.2) is 24.1 Å². The second-order valence-corrected chi connectivity index (χ2v) is 3.83. The topological polar surface area (TPSA) is 69.6 Å². The highest BCUT2D eigenvalue weighted by Crippen LogP contribution is 2.10. The minimum absolute atomic E-state index is 0.331. The van der Waals surface area contributed by atoms with Gasteiger partial charge in [-0.25, -0.2) is 9.67 Å². The second kappa shape index (κ2) is 3.43. The van der Waals surface area contributed by atoms with Crippen molar-refractivity contribution in [2.45, 2.75) is 6.92 Å². The molecule has 0 aliphatic heterocycles. The molecule has 2 rings (SSSR count). The number of hydrogen-bond donors (Lipinski definition) is 1. The summed E-state index contributed by atoms with van der Waals surface area (Å²) in [6.45, 7) is 1.83. The van der Waals surface area contributed by atoms with Crippen molar-refractivity contribution in [2.75, 3.05) is 0 Å². The molecule has 0 aromatic carbocycles. The molecule has 0 radical (unpaired) electrons. The number of nitrogens with two attached hydrogens (primary N) is 1. The molecule has 2 aromatic rings. The van der Waals surface area contributed by atoms with Crippen LogP contribution in [0.15, 0.2) is 12.4 Å². The Bertz CT molecular complexity index is 472. The van der Waals surface area contributed by atoms with Crippen molar-refractivity contribution in [2.24, 2.45) is 5.73 Å². The van der Waals surface area contributed by atoms with Gasteiger partial charge in [-0.2, -0.15) is 9.47 Å². The minimum atomic E-state index is 0.331. The molecule has 2 N–H and O–H groups in total. The van der Waals surface area contributed by atoms with E-state index in [4.69, 9.17) is 18.0 Å². The van der Waals surface area contributed by atoms with Gasteiger partial charge < -0.3 is 5.73 Å². The highest BCUT2D eigenvalue weighted by Gasteiger charge is 2.06. The van der Waals surface area contributed by atoms with E-state index in [1.165, 1.54) is 11.5 Å². The quantitative estimate of drug-likeness (QED) is 0.761. The summed E-state index contributed by atoms with van der Waals surface area (Å²) >= 11 is 6.11. The predicted molar refractivity (Wildman–Crippen MR) is 57.7 cm³/mol. The molecule has 0 amide bonds. The van der Waals surface area contributed by atoms with Crippen LogP contribution in [0.3, 0.4) is 0 Å². The van der Waals surface area contributed by atoms with Crippen LogP contribution in [0.4, 0.5) is 0 Å². The Hall–Kier alpha value is -1.34. The lowest BCUT2D eigenvalue weighted by Crippen LogP contribution is -2.07. The molecule has 72 valence electrons. The first kappa shape index (κ1) is 9.22. The molecule has 0 aliphatic rings. The molecule has 0 fully saturated rings. The Kier molecular flexibility index (Phi) is 2.26. The Morgan fingerprint density at radius 2 is 2.43 bits per heavy atom. The summed E-state index contributed by atoms with van der Waals surface area (Å²) in [5.41, 5.74) is 6.19. The molecular formula is C7H7N5S2. The highest BCUT2D eigenvalue weighted by atomic mass is 32.1. The molecule has 2 aromatic heterocycles. The molecule has 7 heteroatoms. The summed E-state index contributed by atoms with van der Waals surface area (Å²) in [5.74, 6) is 0.734. The van der Waals surface area contributed by atoms with Gasteiger partial charge >= 0.3 is 0 Å². The smallest absolute Gasteiger partial charge is 0.230 e. The molecular weight excluding hydrogens is 218 g/mol. The Labute approximate surface area is 89.7 Å². The first-order valence-electron chi connectivity index (χ1n) is 3.82. The van der Waals surface area contributed by atoms with Gasteiger partial charge in [0.2, 0.25) is 5.13 Å². The van der Waals surface area contributed by atoms with E-state index in [2.05, 4.69) is 14.5 Å². The lowest BCUT2D eigenvalue weighted by molar-refractivity contribution is 0.863. The number of hydrogen-bond acceptors (Lipinski definition) is 5. The number of rotatable bonds is 2. The van der Waals surface area contributed by atoms with Crippen LogP contribution in [-0.2, 0) is 0 Å². The largest absolute Gasteiger partial charge is 0.389 e. The summed E-state index contributed by atoms with van der Waals surface area (Å²) in [5, 5.41) is 4.79. The van der Waals surface area contributed by atoms with E-state index in [0.29, 0.717) is 10.1 Å². The standard InChI is InChI=1S/C7H7N5S2/c1-4-10-7(14-11-4)12-3-5(2-9-12)6(8)13/h2-3H,1H3,(H2,8,13). The fourth-order valence-corrected chi connectivity index (χ4v) is 1.65. The van der Waals surface area contributed by atoms with Crippen molar-refractivity contribution in [3.63, 3.8) is 0 Å². The SMILES string of the molecule is Cc1nsc(-n2cc(C(N)=S)cn2)n1. The number of aromatic nitrogens is 4. The van der Waals surface area contributed by atoms with Gasteiger partial charge in [0, 0.05) is 23.3 Å². The lowest BCUT2D eigenvalue weighted by atomic mass is 10.4. The van der Waals surface area contributed by atoms with Crippen molar-refractivity contribution in [3.05, 3.63) is 23.8 Å². The van der Waals surface area contributed by atoms with Gasteiger partial charge in [0.1, 0.15) is 10.8 Å². The molecule has 0 atom stereocenters. The maximum atomic E-state index is 5.46. The van der Waals surface area contributed by atoms with Crippen LogP contribution in [0.1, 0.15) is 11.4 Å². The molecule has 5 nitrogen and oxygen atoms in total. The van der Waals surface area contributed by atoms with Crippen molar-refractivity contribution in [1.29, 1.82) is 0 Å². The van der Waals surface area contributed by atoms with E-state index >= 15 is 0 Å². The molecule has 0 aliphatic carbocycles. The van der Waals surface area contributed by atoms with Gasteiger partial charge in [-0.05, 0) is 6.92 Å². The predicted octanol–water partition coefficient (Wildman–Crippen LogP) is 0.666. The van der Waals surface area contributed by atoms with Gasteiger partial charge in [-0.1, -0.05) is 12.2 Å². The van der Waals surface area contributed by atoms with Crippen LogP contribution in [0, 0.1) is 6.92 Å². The second-order valence-electron chi connectivity index (χ2n) is 2.66. The number of nitrogens with zero attached hydrogens (tertiary/aromatic N) is 4. The monoisotopic (exact) mass is 225 g/mol. The summed E-state index contributed by atoms with van der Waals surface area (Å²) in [6.07, 6.45) is 3.35. The Morgan fingerprint density at radius 3 is 2.93 bits per heavy atom. The van der Waals surface area contributed by atoms with E-state index in [1.54, 1.807) is 17.1 Å². The third kappa shape index (κ3) is 1.64. The van der Waals surface area contributed by atoms with E-state index in [1.807, 2.05) is 6.92 Å².